The van der Waals surface area contributed by atoms with Crippen LogP contribution in [0.2, 0.25) is 0 Å². The lowest BCUT2D eigenvalue weighted by Gasteiger charge is -2.22. The van der Waals surface area contributed by atoms with Crippen molar-refractivity contribution in [2.75, 3.05) is 13.1 Å². The van der Waals surface area contributed by atoms with E-state index in [4.69, 9.17) is 5.11 Å². The molecule has 2 N–H and O–H groups in total. The Morgan fingerprint density at radius 1 is 1.35 bits per heavy atom. The number of nitrogens with one attached hydrogen (secondary N) is 1. The largest absolute Gasteiger partial charge is 0.481 e. The summed E-state index contributed by atoms with van der Waals surface area (Å²) in [6.45, 7) is 0.0319. The van der Waals surface area contributed by atoms with Crippen LogP contribution in [0.5, 0.6) is 0 Å². The van der Waals surface area contributed by atoms with Gasteiger partial charge in [0.05, 0.1) is 18.4 Å². The summed E-state index contributed by atoms with van der Waals surface area (Å²) in [6.07, 6.45) is -5.23. The average Bonchev–Trinajstić information content (AvgIpc) is 2.86. The number of hydrogen-bond donors (Lipinski definition) is 2. The fourth-order valence-corrected chi connectivity index (χ4v) is 3.00. The summed E-state index contributed by atoms with van der Waals surface area (Å²) in [7, 11) is 0. The predicted octanol–water partition coefficient (Wildman–Crippen LogP) is 2.04. The maximum Gasteiger partial charge on any atom is 0.406 e. The van der Waals surface area contributed by atoms with Crippen LogP contribution in [0.4, 0.5) is 13.2 Å². The molecule has 0 radical (unpaired) electrons. The lowest BCUT2D eigenvalue weighted by atomic mass is 9.97. The molecule has 1 aliphatic heterocycles. The number of nitrogens with zero attached hydrogens (tertiary/aromatic N) is 1. The van der Waals surface area contributed by atoms with Crippen molar-refractivity contribution in [3.63, 3.8) is 0 Å². The molecule has 0 aliphatic carbocycles. The van der Waals surface area contributed by atoms with Gasteiger partial charge in [-0.05, 0) is 18.1 Å². The summed E-state index contributed by atoms with van der Waals surface area (Å²) in [5.41, 5.74) is 1.39. The number of aryl methyl sites for hydroxylation is 1. The Balaban J connectivity index is 2.09. The van der Waals surface area contributed by atoms with Gasteiger partial charge in [0.1, 0.15) is 6.54 Å². The minimum Gasteiger partial charge on any atom is -0.481 e. The second-order valence-electron chi connectivity index (χ2n) is 6.31. The number of benzene rings is 1. The number of halogens is 3. The molecular weight excluding hydrogens is 353 g/mol. The van der Waals surface area contributed by atoms with E-state index in [0.29, 0.717) is 10.5 Å². The number of carbonyl (C=O) groups is 3. The summed E-state index contributed by atoms with van der Waals surface area (Å²) < 4.78 is 37.4. The number of alkyl halides is 3. The van der Waals surface area contributed by atoms with Crippen LogP contribution in [0.25, 0.3) is 0 Å². The van der Waals surface area contributed by atoms with Crippen molar-refractivity contribution >= 4 is 17.8 Å². The second-order valence-corrected chi connectivity index (χ2v) is 6.31. The smallest absolute Gasteiger partial charge is 0.406 e. The summed E-state index contributed by atoms with van der Waals surface area (Å²) >= 11 is 0. The van der Waals surface area contributed by atoms with E-state index in [2.05, 4.69) is 5.32 Å². The molecule has 2 atom stereocenters. The standard InChI is InChI=1S/C17H19F3N2O4/c1-10-4-2-3-5-12(10)13(7-15(24)25)21-16(26)11-6-14(23)22(8-11)9-17(18,19)20/h2-5,11,13H,6-9H2,1H3,(H,21,26)(H,24,25)/t11-,13+/m0/s1. The molecule has 2 amide bonds. The molecule has 1 saturated heterocycles. The Morgan fingerprint density at radius 3 is 2.58 bits per heavy atom. The molecule has 0 saturated carbocycles. The second kappa shape index (κ2) is 7.76. The summed E-state index contributed by atoms with van der Waals surface area (Å²) in [4.78, 5) is 35.8. The van der Waals surface area contributed by atoms with Crippen LogP contribution >= 0.6 is 0 Å². The van der Waals surface area contributed by atoms with Gasteiger partial charge in [0.25, 0.3) is 0 Å². The number of hydrogen-bond acceptors (Lipinski definition) is 3. The first kappa shape index (κ1) is 19.7. The lowest BCUT2D eigenvalue weighted by Crippen LogP contribution is -2.38. The maximum atomic E-state index is 12.5. The number of amides is 2. The van der Waals surface area contributed by atoms with Crippen LogP contribution < -0.4 is 5.32 Å². The molecule has 1 heterocycles. The lowest BCUT2D eigenvalue weighted by molar-refractivity contribution is -0.157. The number of carboxylic acids is 1. The first-order valence-electron chi connectivity index (χ1n) is 7.99. The number of carboxylic acid groups (broad SMARTS) is 1. The van der Waals surface area contributed by atoms with Gasteiger partial charge in [-0.3, -0.25) is 14.4 Å². The first-order chi connectivity index (χ1) is 12.1. The summed E-state index contributed by atoms with van der Waals surface area (Å²) in [6, 6.07) is 6.09. The molecule has 1 aromatic rings. The molecule has 0 bridgehead atoms. The topological polar surface area (TPSA) is 86.7 Å². The van der Waals surface area contributed by atoms with Crippen LogP contribution in [-0.2, 0) is 14.4 Å². The Morgan fingerprint density at radius 2 is 2.00 bits per heavy atom. The zero-order valence-corrected chi connectivity index (χ0v) is 14.0. The molecule has 1 fully saturated rings. The third kappa shape index (κ3) is 5.21. The molecule has 6 nitrogen and oxygen atoms in total. The quantitative estimate of drug-likeness (QED) is 0.800. The Hall–Kier alpha value is -2.58. The fraction of sp³-hybridized carbons (Fsp3) is 0.471. The number of likely N-dealkylation sites (tertiary alicyclic amines) is 1. The van der Waals surface area contributed by atoms with E-state index < -0.39 is 42.5 Å². The SMILES string of the molecule is Cc1ccccc1[C@@H](CC(=O)O)NC(=O)[C@H]1CC(=O)N(CC(F)(F)F)C1. The number of rotatable bonds is 6. The molecule has 2 rings (SSSR count). The minimum atomic E-state index is -4.53. The van der Waals surface area contributed by atoms with E-state index in [0.717, 1.165) is 5.56 Å². The molecular formula is C17H19F3N2O4. The number of aliphatic carboxylic acids is 1. The van der Waals surface area contributed by atoms with E-state index in [9.17, 15) is 27.6 Å². The van der Waals surface area contributed by atoms with Crippen LogP contribution in [0.3, 0.4) is 0 Å². The van der Waals surface area contributed by atoms with Gasteiger partial charge in [-0.15, -0.1) is 0 Å². The third-order valence-corrected chi connectivity index (χ3v) is 4.21. The van der Waals surface area contributed by atoms with Crippen molar-refractivity contribution in [1.82, 2.24) is 10.2 Å². The van der Waals surface area contributed by atoms with Crippen molar-refractivity contribution in [3.05, 3.63) is 35.4 Å². The summed E-state index contributed by atoms with van der Waals surface area (Å²) in [5, 5.41) is 11.7. The van der Waals surface area contributed by atoms with Gasteiger partial charge in [-0.25, -0.2) is 0 Å². The van der Waals surface area contributed by atoms with Crippen LogP contribution in [0.1, 0.15) is 30.0 Å². The molecule has 9 heteroatoms. The normalized spacial score (nSPS) is 18.7. The minimum absolute atomic E-state index is 0.324. The van der Waals surface area contributed by atoms with Crippen LogP contribution in [-0.4, -0.2) is 47.1 Å². The Labute approximate surface area is 148 Å². The molecule has 26 heavy (non-hydrogen) atoms. The van der Waals surface area contributed by atoms with Gasteiger partial charge < -0.3 is 15.3 Å². The Kier molecular flexibility index (Phi) is 5.89. The van der Waals surface area contributed by atoms with Crippen molar-refractivity contribution in [2.45, 2.75) is 32.0 Å². The summed E-state index contributed by atoms with van der Waals surface area (Å²) in [5.74, 6) is -3.43. The highest BCUT2D eigenvalue weighted by molar-refractivity contribution is 5.89. The highest BCUT2D eigenvalue weighted by atomic mass is 19.4. The van der Waals surface area contributed by atoms with Crippen molar-refractivity contribution < 1.29 is 32.7 Å². The van der Waals surface area contributed by atoms with Gasteiger partial charge in [0.2, 0.25) is 11.8 Å². The van der Waals surface area contributed by atoms with Crippen LogP contribution in [0.15, 0.2) is 24.3 Å². The van der Waals surface area contributed by atoms with E-state index in [1.807, 2.05) is 0 Å². The van der Waals surface area contributed by atoms with Gasteiger partial charge in [-0.1, -0.05) is 24.3 Å². The van der Waals surface area contributed by atoms with E-state index in [1.165, 1.54) is 0 Å². The number of carbonyl (C=O) groups excluding carboxylic acids is 2. The van der Waals surface area contributed by atoms with Crippen molar-refractivity contribution in [3.8, 4) is 0 Å². The molecule has 1 aromatic carbocycles. The average molecular weight is 372 g/mol. The molecule has 0 unspecified atom stereocenters. The zero-order chi connectivity index (χ0) is 19.5. The highest BCUT2D eigenvalue weighted by Gasteiger charge is 2.41. The highest BCUT2D eigenvalue weighted by Crippen LogP contribution is 2.26. The zero-order valence-electron chi connectivity index (χ0n) is 14.0. The van der Waals surface area contributed by atoms with E-state index in [1.54, 1.807) is 31.2 Å². The molecule has 0 aromatic heterocycles. The maximum absolute atomic E-state index is 12.5. The van der Waals surface area contributed by atoms with Gasteiger partial charge in [0.15, 0.2) is 0 Å². The predicted molar refractivity (Wildman–Crippen MR) is 85.1 cm³/mol. The third-order valence-electron chi connectivity index (χ3n) is 4.21. The Bertz CT molecular complexity index is 705. The van der Waals surface area contributed by atoms with Crippen molar-refractivity contribution in [1.29, 1.82) is 0 Å². The first-order valence-corrected chi connectivity index (χ1v) is 7.99. The van der Waals surface area contributed by atoms with Gasteiger partial charge >= 0.3 is 12.1 Å². The van der Waals surface area contributed by atoms with Gasteiger partial charge in [-0.2, -0.15) is 13.2 Å². The fourth-order valence-electron chi connectivity index (χ4n) is 3.00. The monoisotopic (exact) mass is 372 g/mol. The van der Waals surface area contributed by atoms with Gasteiger partial charge in [0, 0.05) is 13.0 Å². The molecule has 1 aliphatic rings. The van der Waals surface area contributed by atoms with E-state index in [-0.39, 0.29) is 19.4 Å². The molecule has 142 valence electrons. The van der Waals surface area contributed by atoms with E-state index >= 15 is 0 Å². The molecule has 0 spiro atoms. The van der Waals surface area contributed by atoms with Crippen molar-refractivity contribution in [2.24, 2.45) is 5.92 Å². The van der Waals surface area contributed by atoms with Crippen LogP contribution in [0, 0.1) is 12.8 Å².